The fourth-order valence-corrected chi connectivity index (χ4v) is 3.33. The number of nitrogen functional groups attached to an aromatic ring is 1. The molecule has 1 heterocycles. The lowest BCUT2D eigenvalue weighted by molar-refractivity contribution is 0.0832. The third kappa shape index (κ3) is 3.44. The quantitative estimate of drug-likeness (QED) is 0.789. The van der Waals surface area contributed by atoms with Gasteiger partial charge >= 0.3 is 0 Å². The molecule has 1 aromatic rings. The van der Waals surface area contributed by atoms with Crippen LogP contribution in [0.25, 0.3) is 0 Å². The summed E-state index contributed by atoms with van der Waals surface area (Å²) in [5, 5.41) is 8.84. The number of sulfonamides is 1. The van der Waals surface area contributed by atoms with E-state index in [1.807, 2.05) is 6.07 Å². The minimum Gasteiger partial charge on any atom is -0.399 e. The van der Waals surface area contributed by atoms with Gasteiger partial charge in [0.15, 0.2) is 0 Å². The Morgan fingerprint density at radius 3 is 2.63 bits per heavy atom. The number of benzene rings is 1. The van der Waals surface area contributed by atoms with Gasteiger partial charge in [0, 0.05) is 24.9 Å². The van der Waals surface area contributed by atoms with E-state index in [2.05, 4.69) is 4.72 Å². The molecule has 19 heavy (non-hydrogen) atoms. The maximum absolute atomic E-state index is 12.2. The van der Waals surface area contributed by atoms with Gasteiger partial charge in [-0.2, -0.15) is 5.26 Å². The zero-order valence-electron chi connectivity index (χ0n) is 10.3. The molecule has 0 amide bonds. The van der Waals surface area contributed by atoms with Crippen LogP contribution in [0.15, 0.2) is 23.1 Å². The molecule has 0 atom stereocenters. The Hall–Kier alpha value is -1.62. The molecule has 0 saturated carbocycles. The van der Waals surface area contributed by atoms with E-state index in [0.717, 1.165) is 0 Å². The van der Waals surface area contributed by atoms with Crippen LogP contribution in [-0.4, -0.2) is 27.7 Å². The second-order valence-electron chi connectivity index (χ2n) is 4.41. The first kappa shape index (κ1) is 13.8. The van der Waals surface area contributed by atoms with Crippen molar-refractivity contribution in [2.45, 2.75) is 23.8 Å². The number of hydrogen-bond donors (Lipinski definition) is 2. The topological polar surface area (TPSA) is 105 Å². The molecule has 102 valence electrons. The molecule has 0 spiro atoms. The largest absolute Gasteiger partial charge is 0.399 e. The summed E-state index contributed by atoms with van der Waals surface area (Å²) in [5.41, 5.74) is 6.09. The van der Waals surface area contributed by atoms with E-state index in [1.165, 1.54) is 18.2 Å². The van der Waals surface area contributed by atoms with Gasteiger partial charge in [0.2, 0.25) is 10.0 Å². The van der Waals surface area contributed by atoms with Gasteiger partial charge in [0.05, 0.1) is 16.5 Å². The molecule has 0 bridgehead atoms. The van der Waals surface area contributed by atoms with Crippen molar-refractivity contribution in [3.05, 3.63) is 23.8 Å². The Morgan fingerprint density at radius 2 is 2.00 bits per heavy atom. The number of anilines is 1. The number of nitrogens with two attached hydrogens (primary N) is 1. The zero-order valence-corrected chi connectivity index (χ0v) is 11.1. The highest BCUT2D eigenvalue weighted by Gasteiger charge is 2.22. The van der Waals surface area contributed by atoms with Crippen LogP contribution in [0.1, 0.15) is 18.4 Å². The molecule has 1 aliphatic heterocycles. The lowest BCUT2D eigenvalue weighted by Gasteiger charge is -2.23. The smallest absolute Gasteiger partial charge is 0.240 e. The second-order valence-corrected chi connectivity index (χ2v) is 6.12. The first-order valence-corrected chi connectivity index (χ1v) is 7.40. The molecule has 0 aliphatic carbocycles. The van der Waals surface area contributed by atoms with Gasteiger partial charge in [-0.1, -0.05) is 0 Å². The summed E-state index contributed by atoms with van der Waals surface area (Å²) < 4.78 is 32.2. The number of nitrogens with zero attached hydrogens (tertiary/aromatic N) is 1. The molecule has 7 heteroatoms. The van der Waals surface area contributed by atoms with Crippen LogP contribution in [0.5, 0.6) is 0 Å². The molecule has 2 rings (SSSR count). The lowest BCUT2D eigenvalue weighted by atomic mass is 10.1. The number of nitrogens with one attached hydrogen (secondary N) is 1. The predicted octanol–water partition coefficient (Wildman–Crippen LogP) is 0.598. The minimum absolute atomic E-state index is 0.0236. The second kappa shape index (κ2) is 5.57. The van der Waals surface area contributed by atoms with Gasteiger partial charge in [0.25, 0.3) is 0 Å². The normalized spacial score (nSPS) is 17.0. The molecule has 0 radical (unpaired) electrons. The summed E-state index contributed by atoms with van der Waals surface area (Å²) >= 11 is 0. The fourth-order valence-electron chi connectivity index (χ4n) is 1.94. The van der Waals surface area contributed by atoms with Crippen LogP contribution in [-0.2, 0) is 14.8 Å². The Labute approximate surface area is 112 Å². The van der Waals surface area contributed by atoms with Crippen molar-refractivity contribution in [3.8, 4) is 6.07 Å². The highest BCUT2D eigenvalue weighted by atomic mass is 32.2. The van der Waals surface area contributed by atoms with Crippen LogP contribution in [0, 0.1) is 11.3 Å². The van der Waals surface area contributed by atoms with Crippen molar-refractivity contribution in [3.63, 3.8) is 0 Å². The van der Waals surface area contributed by atoms with Gasteiger partial charge in [-0.15, -0.1) is 0 Å². The van der Waals surface area contributed by atoms with Crippen LogP contribution in [0.3, 0.4) is 0 Å². The van der Waals surface area contributed by atoms with E-state index >= 15 is 0 Å². The van der Waals surface area contributed by atoms with Crippen molar-refractivity contribution >= 4 is 15.7 Å². The van der Waals surface area contributed by atoms with E-state index in [0.29, 0.717) is 26.1 Å². The summed E-state index contributed by atoms with van der Waals surface area (Å²) in [6, 6.07) is 5.86. The van der Waals surface area contributed by atoms with Crippen LogP contribution in [0.4, 0.5) is 5.69 Å². The molecular formula is C12H15N3O3S. The van der Waals surface area contributed by atoms with Crippen molar-refractivity contribution in [1.82, 2.24) is 4.72 Å². The van der Waals surface area contributed by atoms with Crippen LogP contribution >= 0.6 is 0 Å². The molecule has 1 aromatic carbocycles. The summed E-state index contributed by atoms with van der Waals surface area (Å²) in [6.07, 6.45) is 1.29. The van der Waals surface area contributed by atoms with E-state index in [-0.39, 0.29) is 22.2 Å². The molecule has 1 fully saturated rings. The maximum Gasteiger partial charge on any atom is 0.240 e. The molecule has 3 N–H and O–H groups in total. The van der Waals surface area contributed by atoms with Gasteiger partial charge in [-0.05, 0) is 31.0 Å². The fraction of sp³-hybridized carbons (Fsp3) is 0.417. The van der Waals surface area contributed by atoms with Crippen molar-refractivity contribution < 1.29 is 13.2 Å². The summed E-state index contributed by atoms with van der Waals surface area (Å²) in [5.74, 6) is 0. The van der Waals surface area contributed by atoms with E-state index in [9.17, 15) is 8.42 Å². The average Bonchev–Trinajstić information content (AvgIpc) is 2.38. The van der Waals surface area contributed by atoms with Crippen LogP contribution < -0.4 is 10.5 Å². The van der Waals surface area contributed by atoms with Gasteiger partial charge in [-0.25, -0.2) is 13.1 Å². The number of nitriles is 1. The number of rotatable bonds is 3. The lowest BCUT2D eigenvalue weighted by Crippen LogP contribution is -2.38. The molecule has 1 saturated heterocycles. The Balaban J connectivity index is 2.23. The van der Waals surface area contributed by atoms with Gasteiger partial charge in [-0.3, -0.25) is 0 Å². The van der Waals surface area contributed by atoms with Gasteiger partial charge < -0.3 is 10.5 Å². The van der Waals surface area contributed by atoms with Crippen molar-refractivity contribution in [1.29, 1.82) is 5.26 Å². The minimum atomic E-state index is -3.65. The SMILES string of the molecule is N#Cc1cc(N)cc(S(=O)(=O)NC2CCOCC2)c1. The Kier molecular flexibility index (Phi) is 4.04. The van der Waals surface area contributed by atoms with E-state index < -0.39 is 10.0 Å². The predicted molar refractivity (Wildman–Crippen MR) is 69.7 cm³/mol. The third-order valence-electron chi connectivity index (χ3n) is 2.91. The monoisotopic (exact) mass is 281 g/mol. The average molecular weight is 281 g/mol. The molecule has 0 unspecified atom stereocenters. The highest BCUT2D eigenvalue weighted by Crippen LogP contribution is 2.18. The number of ether oxygens (including phenoxy) is 1. The van der Waals surface area contributed by atoms with Crippen molar-refractivity contribution in [2.75, 3.05) is 18.9 Å². The Bertz CT molecular complexity index is 601. The number of hydrogen-bond acceptors (Lipinski definition) is 5. The standard InChI is InChI=1S/C12H15N3O3S/c13-8-9-5-10(14)7-12(6-9)19(16,17)15-11-1-3-18-4-2-11/h5-7,11,15H,1-4,14H2. The maximum atomic E-state index is 12.2. The summed E-state index contributed by atoms with van der Waals surface area (Å²) in [7, 11) is -3.65. The highest BCUT2D eigenvalue weighted by molar-refractivity contribution is 7.89. The molecular weight excluding hydrogens is 266 g/mol. The summed E-state index contributed by atoms with van der Waals surface area (Å²) in [6.45, 7) is 1.10. The Morgan fingerprint density at radius 1 is 1.32 bits per heavy atom. The zero-order chi connectivity index (χ0) is 13.9. The summed E-state index contributed by atoms with van der Waals surface area (Å²) in [4.78, 5) is 0.0236. The first-order chi connectivity index (χ1) is 9.01. The molecule has 1 aliphatic rings. The van der Waals surface area contributed by atoms with E-state index in [4.69, 9.17) is 15.7 Å². The van der Waals surface area contributed by atoms with Gasteiger partial charge in [0.1, 0.15) is 0 Å². The van der Waals surface area contributed by atoms with E-state index in [1.54, 1.807) is 0 Å². The third-order valence-corrected chi connectivity index (χ3v) is 4.41. The molecule has 0 aromatic heterocycles. The van der Waals surface area contributed by atoms with Crippen molar-refractivity contribution in [2.24, 2.45) is 0 Å². The molecule has 6 nitrogen and oxygen atoms in total. The van der Waals surface area contributed by atoms with Crippen LogP contribution in [0.2, 0.25) is 0 Å². The first-order valence-electron chi connectivity index (χ1n) is 5.92.